The molecule has 1 saturated heterocycles. The predicted molar refractivity (Wildman–Crippen MR) is 68.1 cm³/mol. The van der Waals surface area contributed by atoms with Crippen molar-refractivity contribution in [3.05, 3.63) is 29.8 Å². The van der Waals surface area contributed by atoms with E-state index < -0.39 is 9.84 Å². The van der Waals surface area contributed by atoms with E-state index in [1.807, 2.05) is 12.1 Å². The van der Waals surface area contributed by atoms with Gasteiger partial charge in [0.2, 0.25) is 0 Å². The van der Waals surface area contributed by atoms with Gasteiger partial charge in [-0.1, -0.05) is 18.2 Å². The molecule has 0 unspecified atom stereocenters. The third-order valence-corrected chi connectivity index (χ3v) is 5.92. The molecule has 2 N–H and O–H groups in total. The highest BCUT2D eigenvalue weighted by Crippen LogP contribution is 2.37. The molecule has 0 spiro atoms. The molecule has 1 saturated carbocycles. The van der Waals surface area contributed by atoms with Crippen LogP contribution in [0.2, 0.25) is 0 Å². The first-order chi connectivity index (χ1) is 8.51. The minimum Gasteiger partial charge on any atom is -0.379 e. The molecule has 1 heterocycles. The Labute approximate surface area is 107 Å². The highest BCUT2D eigenvalue weighted by atomic mass is 32.2. The van der Waals surface area contributed by atoms with Crippen LogP contribution in [0.3, 0.4) is 0 Å². The van der Waals surface area contributed by atoms with Crippen LogP contribution in [0.1, 0.15) is 18.4 Å². The summed E-state index contributed by atoms with van der Waals surface area (Å²) in [6.07, 6.45) is 2.61. The van der Waals surface area contributed by atoms with Crippen LogP contribution in [0.15, 0.2) is 29.2 Å². The lowest BCUT2D eigenvalue weighted by Crippen LogP contribution is -2.41. The zero-order valence-corrected chi connectivity index (χ0v) is 10.9. The number of rotatable bonds is 4. The summed E-state index contributed by atoms with van der Waals surface area (Å²) < 4.78 is 29.8. The van der Waals surface area contributed by atoms with Gasteiger partial charge in [-0.25, -0.2) is 8.42 Å². The molecular formula is C13H17NO3S. The summed E-state index contributed by atoms with van der Waals surface area (Å²) in [5.41, 5.74) is 6.77. The molecule has 1 aliphatic carbocycles. The number of benzene rings is 1. The molecule has 0 amide bonds. The summed E-state index contributed by atoms with van der Waals surface area (Å²) in [5.74, 6) is 0. The Balaban J connectivity index is 1.95. The zero-order valence-electron chi connectivity index (χ0n) is 10.1. The van der Waals surface area contributed by atoms with E-state index in [1.54, 1.807) is 12.1 Å². The van der Waals surface area contributed by atoms with Gasteiger partial charge in [0.1, 0.15) is 5.25 Å². The first kappa shape index (κ1) is 12.1. The molecule has 0 bridgehead atoms. The van der Waals surface area contributed by atoms with Gasteiger partial charge in [-0.15, -0.1) is 0 Å². The summed E-state index contributed by atoms with van der Waals surface area (Å²) in [5, 5.41) is -0.383. The largest absolute Gasteiger partial charge is 0.379 e. The van der Waals surface area contributed by atoms with E-state index in [4.69, 9.17) is 10.5 Å². The Kier molecular flexibility index (Phi) is 2.73. The van der Waals surface area contributed by atoms with Crippen LogP contribution >= 0.6 is 0 Å². The van der Waals surface area contributed by atoms with Crippen LogP contribution in [-0.2, 0) is 21.0 Å². The average molecular weight is 267 g/mol. The van der Waals surface area contributed by atoms with Crippen LogP contribution in [0.5, 0.6) is 0 Å². The Morgan fingerprint density at radius 3 is 2.50 bits per heavy atom. The summed E-state index contributed by atoms with van der Waals surface area (Å²) in [6.45, 7) is 0.620. The molecule has 0 aromatic heterocycles. The molecule has 1 aromatic rings. The summed E-state index contributed by atoms with van der Waals surface area (Å²) in [4.78, 5) is 0.440. The molecule has 3 rings (SSSR count). The molecule has 2 aliphatic rings. The van der Waals surface area contributed by atoms with Crippen molar-refractivity contribution < 1.29 is 13.2 Å². The third-order valence-electron chi connectivity index (χ3n) is 3.76. The molecule has 98 valence electrons. The van der Waals surface area contributed by atoms with Crippen molar-refractivity contribution in [3.8, 4) is 0 Å². The molecule has 4 nitrogen and oxygen atoms in total. The Morgan fingerprint density at radius 2 is 1.94 bits per heavy atom. The first-order valence-corrected chi connectivity index (χ1v) is 7.74. The second-order valence-electron chi connectivity index (χ2n) is 5.35. The van der Waals surface area contributed by atoms with Crippen molar-refractivity contribution in [2.75, 3.05) is 13.2 Å². The van der Waals surface area contributed by atoms with Crippen molar-refractivity contribution in [2.45, 2.75) is 34.9 Å². The van der Waals surface area contributed by atoms with E-state index in [1.165, 1.54) is 0 Å². The van der Waals surface area contributed by atoms with Crippen molar-refractivity contribution in [1.29, 1.82) is 0 Å². The van der Waals surface area contributed by atoms with Gasteiger partial charge >= 0.3 is 0 Å². The average Bonchev–Trinajstić information content (AvgIpc) is 2.93. The van der Waals surface area contributed by atoms with Crippen LogP contribution in [0.25, 0.3) is 0 Å². The summed E-state index contributed by atoms with van der Waals surface area (Å²) in [6, 6.07) is 7.21. The third kappa shape index (κ3) is 2.06. The van der Waals surface area contributed by atoms with Gasteiger partial charge in [0.15, 0.2) is 9.84 Å². The fourth-order valence-corrected chi connectivity index (χ4v) is 3.90. The van der Waals surface area contributed by atoms with Gasteiger partial charge in [0, 0.05) is 5.54 Å². The van der Waals surface area contributed by atoms with E-state index >= 15 is 0 Å². The quantitative estimate of drug-likeness (QED) is 0.879. The smallest absolute Gasteiger partial charge is 0.186 e. The maximum Gasteiger partial charge on any atom is 0.186 e. The maximum absolute atomic E-state index is 12.4. The van der Waals surface area contributed by atoms with Crippen molar-refractivity contribution in [2.24, 2.45) is 5.73 Å². The second kappa shape index (κ2) is 4.05. The molecule has 5 heteroatoms. The first-order valence-electron chi connectivity index (χ1n) is 6.20. The number of sulfone groups is 1. The highest BCUT2D eigenvalue weighted by molar-refractivity contribution is 7.92. The molecule has 18 heavy (non-hydrogen) atoms. The SMILES string of the molecule is NC1(Cc2ccccc2S(=O)(=O)C2COC2)CC1. The van der Waals surface area contributed by atoms with Crippen LogP contribution < -0.4 is 5.73 Å². The van der Waals surface area contributed by atoms with Gasteiger partial charge in [-0.3, -0.25) is 0 Å². The van der Waals surface area contributed by atoms with Gasteiger partial charge < -0.3 is 10.5 Å². The van der Waals surface area contributed by atoms with Crippen molar-refractivity contribution in [3.63, 3.8) is 0 Å². The van der Waals surface area contributed by atoms with E-state index in [9.17, 15) is 8.42 Å². The zero-order chi connectivity index (χ0) is 12.8. The molecular weight excluding hydrogens is 250 g/mol. The molecule has 2 fully saturated rings. The van der Waals surface area contributed by atoms with Crippen molar-refractivity contribution in [1.82, 2.24) is 0 Å². The minimum atomic E-state index is -3.26. The van der Waals surface area contributed by atoms with Crippen LogP contribution in [-0.4, -0.2) is 32.4 Å². The maximum atomic E-state index is 12.4. The molecule has 1 aliphatic heterocycles. The van der Waals surface area contributed by atoms with E-state index in [2.05, 4.69) is 0 Å². The topological polar surface area (TPSA) is 69.4 Å². The molecule has 0 radical (unpaired) electrons. The van der Waals surface area contributed by atoms with E-state index in [0.717, 1.165) is 18.4 Å². The monoisotopic (exact) mass is 267 g/mol. The fraction of sp³-hybridized carbons (Fsp3) is 0.538. The van der Waals surface area contributed by atoms with Gasteiger partial charge in [0.05, 0.1) is 18.1 Å². The number of hydrogen-bond acceptors (Lipinski definition) is 4. The van der Waals surface area contributed by atoms with Gasteiger partial charge in [-0.2, -0.15) is 0 Å². The Bertz CT molecular complexity index is 559. The summed E-state index contributed by atoms with van der Waals surface area (Å²) in [7, 11) is -3.26. The Morgan fingerprint density at radius 1 is 1.28 bits per heavy atom. The van der Waals surface area contributed by atoms with Crippen molar-refractivity contribution >= 4 is 9.84 Å². The Hall–Kier alpha value is -0.910. The minimum absolute atomic E-state index is 0.179. The highest BCUT2D eigenvalue weighted by Gasteiger charge is 2.41. The number of hydrogen-bond donors (Lipinski definition) is 1. The van der Waals surface area contributed by atoms with Crippen LogP contribution in [0.4, 0.5) is 0 Å². The second-order valence-corrected chi connectivity index (χ2v) is 7.55. The standard InChI is InChI=1S/C13H17NO3S/c14-13(5-6-13)7-10-3-1-2-4-12(10)18(15,16)11-8-17-9-11/h1-4,11H,5-9,14H2. The lowest BCUT2D eigenvalue weighted by atomic mass is 10.1. The fourth-order valence-electron chi connectivity index (χ4n) is 2.22. The predicted octanol–water partition coefficient (Wildman–Crippen LogP) is 0.893. The number of nitrogens with two attached hydrogens (primary N) is 1. The summed E-state index contributed by atoms with van der Waals surface area (Å²) >= 11 is 0. The van der Waals surface area contributed by atoms with E-state index in [0.29, 0.717) is 24.5 Å². The molecule has 1 aromatic carbocycles. The van der Waals surface area contributed by atoms with Gasteiger partial charge in [-0.05, 0) is 30.9 Å². The van der Waals surface area contributed by atoms with Crippen LogP contribution in [0, 0.1) is 0 Å². The van der Waals surface area contributed by atoms with Gasteiger partial charge in [0.25, 0.3) is 0 Å². The van der Waals surface area contributed by atoms with E-state index in [-0.39, 0.29) is 10.8 Å². The normalized spacial score (nSPS) is 22.5. The number of ether oxygens (including phenoxy) is 1. The lowest BCUT2D eigenvalue weighted by molar-refractivity contribution is 0.0416. The lowest BCUT2D eigenvalue weighted by Gasteiger charge is -2.27. The molecule has 0 atom stereocenters.